The summed E-state index contributed by atoms with van der Waals surface area (Å²) < 4.78 is 13.5. The second kappa shape index (κ2) is 6.61. The first-order valence-corrected chi connectivity index (χ1v) is 6.47. The number of hydrogen-bond donors (Lipinski definition) is 2. The number of benzene rings is 1. The molecule has 1 unspecified atom stereocenters. The van der Waals surface area contributed by atoms with Gasteiger partial charge in [-0.15, -0.1) is 0 Å². The summed E-state index contributed by atoms with van der Waals surface area (Å²) in [6.45, 7) is 2.07. The van der Waals surface area contributed by atoms with Crippen molar-refractivity contribution in [3.05, 3.63) is 35.1 Å². The third-order valence-corrected chi connectivity index (χ3v) is 3.63. The Morgan fingerprint density at radius 2 is 2.29 bits per heavy atom. The highest BCUT2D eigenvalue weighted by atomic mass is 32.2. The SMILES string of the molecule is CC(CO)CSCc1ccc(C(N)=O)cc1F. The summed E-state index contributed by atoms with van der Waals surface area (Å²) in [5.74, 6) is 0.457. The molecule has 1 amide bonds. The van der Waals surface area contributed by atoms with Gasteiger partial charge in [0.05, 0.1) is 0 Å². The van der Waals surface area contributed by atoms with E-state index in [2.05, 4.69) is 0 Å². The Morgan fingerprint density at radius 1 is 1.59 bits per heavy atom. The summed E-state index contributed by atoms with van der Waals surface area (Å²) in [4.78, 5) is 10.8. The second-order valence-corrected chi connectivity index (χ2v) is 5.00. The Morgan fingerprint density at radius 3 is 2.82 bits per heavy atom. The lowest BCUT2D eigenvalue weighted by atomic mass is 10.1. The average Bonchev–Trinajstić information content (AvgIpc) is 2.30. The largest absolute Gasteiger partial charge is 0.396 e. The maximum Gasteiger partial charge on any atom is 0.248 e. The standard InChI is InChI=1S/C12H16FNO2S/c1-8(5-15)6-17-7-10-3-2-9(12(14)16)4-11(10)13/h2-4,8,15H,5-7H2,1H3,(H2,14,16). The molecule has 1 atom stereocenters. The van der Waals surface area contributed by atoms with E-state index in [9.17, 15) is 9.18 Å². The number of amides is 1. The number of carbonyl (C=O) groups excluding carboxylic acids is 1. The van der Waals surface area contributed by atoms with Crippen LogP contribution in [0.3, 0.4) is 0 Å². The molecule has 1 rings (SSSR count). The van der Waals surface area contributed by atoms with E-state index in [0.29, 0.717) is 11.3 Å². The van der Waals surface area contributed by atoms with Crippen LogP contribution in [-0.2, 0) is 5.75 Å². The molecule has 0 saturated carbocycles. The molecular formula is C12H16FNO2S. The number of rotatable bonds is 6. The molecule has 1 aromatic carbocycles. The van der Waals surface area contributed by atoms with E-state index in [-0.39, 0.29) is 18.1 Å². The van der Waals surface area contributed by atoms with Crippen LogP contribution in [0.4, 0.5) is 4.39 Å². The Bertz CT molecular complexity index is 398. The molecule has 0 fully saturated rings. The molecule has 5 heteroatoms. The highest BCUT2D eigenvalue weighted by Crippen LogP contribution is 2.19. The highest BCUT2D eigenvalue weighted by molar-refractivity contribution is 7.98. The van der Waals surface area contributed by atoms with Crippen molar-refractivity contribution in [2.24, 2.45) is 11.7 Å². The van der Waals surface area contributed by atoms with E-state index in [1.165, 1.54) is 6.07 Å². The smallest absolute Gasteiger partial charge is 0.248 e. The highest BCUT2D eigenvalue weighted by Gasteiger charge is 2.08. The molecule has 0 aliphatic carbocycles. The zero-order chi connectivity index (χ0) is 12.8. The first-order valence-electron chi connectivity index (χ1n) is 5.31. The minimum Gasteiger partial charge on any atom is -0.396 e. The van der Waals surface area contributed by atoms with Gasteiger partial charge in [-0.1, -0.05) is 13.0 Å². The van der Waals surface area contributed by atoms with Crippen LogP contribution in [0, 0.1) is 11.7 Å². The number of aliphatic hydroxyl groups is 1. The molecule has 0 saturated heterocycles. The lowest BCUT2D eigenvalue weighted by Crippen LogP contribution is -2.11. The van der Waals surface area contributed by atoms with Gasteiger partial charge < -0.3 is 10.8 Å². The summed E-state index contributed by atoms with van der Waals surface area (Å²) in [5, 5.41) is 8.85. The third kappa shape index (κ3) is 4.36. The third-order valence-electron chi connectivity index (χ3n) is 2.31. The molecule has 17 heavy (non-hydrogen) atoms. The van der Waals surface area contributed by atoms with Gasteiger partial charge in [0, 0.05) is 17.9 Å². The van der Waals surface area contributed by atoms with Crippen LogP contribution >= 0.6 is 11.8 Å². The lowest BCUT2D eigenvalue weighted by molar-refractivity contribution is 0.1000. The summed E-state index contributed by atoms with van der Waals surface area (Å²) in [6, 6.07) is 4.26. The van der Waals surface area contributed by atoms with Crippen LogP contribution in [0.15, 0.2) is 18.2 Å². The maximum atomic E-state index is 13.5. The molecular weight excluding hydrogens is 241 g/mol. The Labute approximate surface area is 104 Å². The minimum absolute atomic E-state index is 0.135. The molecule has 3 nitrogen and oxygen atoms in total. The minimum atomic E-state index is -0.628. The van der Waals surface area contributed by atoms with Gasteiger partial charge in [-0.3, -0.25) is 4.79 Å². The van der Waals surface area contributed by atoms with E-state index in [0.717, 1.165) is 11.8 Å². The fourth-order valence-electron chi connectivity index (χ4n) is 1.24. The first kappa shape index (κ1) is 14.0. The van der Waals surface area contributed by atoms with Crippen molar-refractivity contribution in [3.63, 3.8) is 0 Å². The summed E-state index contributed by atoms with van der Waals surface area (Å²) in [7, 11) is 0. The number of carbonyl (C=O) groups is 1. The van der Waals surface area contributed by atoms with Crippen molar-refractivity contribution >= 4 is 17.7 Å². The van der Waals surface area contributed by atoms with E-state index < -0.39 is 11.7 Å². The molecule has 94 valence electrons. The van der Waals surface area contributed by atoms with Crippen LogP contribution in [0.1, 0.15) is 22.8 Å². The fourth-order valence-corrected chi connectivity index (χ4v) is 2.32. The summed E-state index contributed by atoms with van der Waals surface area (Å²) in [6.07, 6.45) is 0. The Balaban J connectivity index is 2.57. The average molecular weight is 257 g/mol. The molecule has 3 N–H and O–H groups in total. The van der Waals surface area contributed by atoms with Crippen LogP contribution in [0.2, 0.25) is 0 Å². The molecule has 1 aromatic rings. The number of halogens is 1. The normalized spacial score (nSPS) is 12.4. The van der Waals surface area contributed by atoms with Gasteiger partial charge in [0.25, 0.3) is 0 Å². The van der Waals surface area contributed by atoms with Gasteiger partial charge in [0.1, 0.15) is 5.82 Å². The maximum absolute atomic E-state index is 13.5. The van der Waals surface area contributed by atoms with Crippen molar-refractivity contribution in [2.75, 3.05) is 12.4 Å². The molecule has 0 spiro atoms. The molecule has 0 heterocycles. The zero-order valence-electron chi connectivity index (χ0n) is 9.65. The predicted molar refractivity (Wildman–Crippen MR) is 67.3 cm³/mol. The summed E-state index contributed by atoms with van der Waals surface area (Å²) in [5.41, 5.74) is 5.78. The van der Waals surface area contributed by atoms with Crippen molar-refractivity contribution in [3.8, 4) is 0 Å². The Kier molecular flexibility index (Phi) is 5.44. The van der Waals surface area contributed by atoms with Gasteiger partial charge >= 0.3 is 0 Å². The fraction of sp³-hybridized carbons (Fsp3) is 0.417. The Hall–Kier alpha value is -1.07. The molecule has 0 aliphatic rings. The monoisotopic (exact) mass is 257 g/mol. The first-order chi connectivity index (χ1) is 8.04. The second-order valence-electron chi connectivity index (χ2n) is 3.97. The predicted octanol–water partition coefficient (Wildman–Crippen LogP) is 1.79. The van der Waals surface area contributed by atoms with E-state index in [1.807, 2.05) is 6.92 Å². The van der Waals surface area contributed by atoms with Gasteiger partial charge in [0.15, 0.2) is 0 Å². The van der Waals surface area contributed by atoms with Crippen molar-refractivity contribution in [2.45, 2.75) is 12.7 Å². The number of primary amides is 1. The number of aliphatic hydroxyl groups excluding tert-OH is 1. The van der Waals surface area contributed by atoms with Crippen LogP contribution < -0.4 is 5.73 Å². The number of hydrogen-bond acceptors (Lipinski definition) is 3. The van der Waals surface area contributed by atoms with E-state index >= 15 is 0 Å². The van der Waals surface area contributed by atoms with Crippen LogP contribution in [-0.4, -0.2) is 23.4 Å². The van der Waals surface area contributed by atoms with Gasteiger partial charge in [-0.2, -0.15) is 11.8 Å². The quantitative estimate of drug-likeness (QED) is 0.816. The van der Waals surface area contributed by atoms with Crippen LogP contribution in [0.5, 0.6) is 0 Å². The topological polar surface area (TPSA) is 63.3 Å². The van der Waals surface area contributed by atoms with E-state index in [4.69, 9.17) is 10.8 Å². The van der Waals surface area contributed by atoms with Crippen molar-refractivity contribution < 1.29 is 14.3 Å². The lowest BCUT2D eigenvalue weighted by Gasteiger charge is -2.08. The molecule has 0 aliphatic heterocycles. The van der Waals surface area contributed by atoms with Crippen molar-refractivity contribution in [1.82, 2.24) is 0 Å². The van der Waals surface area contributed by atoms with Gasteiger partial charge in [-0.25, -0.2) is 4.39 Å². The van der Waals surface area contributed by atoms with Crippen molar-refractivity contribution in [1.29, 1.82) is 0 Å². The van der Waals surface area contributed by atoms with Crippen LogP contribution in [0.25, 0.3) is 0 Å². The number of thioether (sulfide) groups is 1. The molecule has 0 aromatic heterocycles. The zero-order valence-corrected chi connectivity index (χ0v) is 10.5. The molecule has 0 bridgehead atoms. The van der Waals surface area contributed by atoms with Gasteiger partial charge in [0.2, 0.25) is 5.91 Å². The van der Waals surface area contributed by atoms with Gasteiger partial charge in [-0.05, 0) is 29.4 Å². The van der Waals surface area contributed by atoms with E-state index in [1.54, 1.807) is 17.8 Å². The summed E-state index contributed by atoms with van der Waals surface area (Å²) >= 11 is 1.55. The molecule has 0 radical (unpaired) electrons. The number of nitrogens with two attached hydrogens (primary N) is 1.